The predicted octanol–water partition coefficient (Wildman–Crippen LogP) is -3.49. The maximum absolute atomic E-state index is 10.6. The van der Waals surface area contributed by atoms with Gasteiger partial charge in [0, 0.05) is 0 Å². The minimum Gasteiger partial charge on any atom is -0.387 e. The topological polar surface area (TPSA) is 165 Å². The molecule has 28 heavy (non-hydrogen) atoms. The fourth-order valence-electron chi connectivity index (χ4n) is 4.13. The fraction of sp³-hybridized carbons (Fsp3) is 1.00. The summed E-state index contributed by atoms with van der Waals surface area (Å²) in [5, 5.41) is 41.2. The Morgan fingerprint density at radius 1 is 0.536 bits per heavy atom. The number of ether oxygens (including phenoxy) is 8. The average molecular weight is 406 g/mol. The molecule has 0 aromatic carbocycles. The molecule has 12 nitrogen and oxygen atoms in total. The number of hydrogen-bond donors (Lipinski definition) is 4. The van der Waals surface area contributed by atoms with Gasteiger partial charge in [0.2, 0.25) is 0 Å². The summed E-state index contributed by atoms with van der Waals surface area (Å²) >= 11 is 0. The van der Waals surface area contributed by atoms with Gasteiger partial charge < -0.3 is 58.3 Å². The predicted molar refractivity (Wildman–Crippen MR) is 80.0 cm³/mol. The van der Waals surface area contributed by atoms with Crippen molar-refractivity contribution >= 4 is 0 Å². The summed E-state index contributed by atoms with van der Waals surface area (Å²) in [7, 11) is 0. The third kappa shape index (κ3) is 2.84. The van der Waals surface area contributed by atoms with Crippen molar-refractivity contribution in [1.82, 2.24) is 0 Å². The maximum Gasteiger partial charge on any atom is 0.190 e. The lowest BCUT2D eigenvalue weighted by molar-refractivity contribution is -0.338. The van der Waals surface area contributed by atoms with Gasteiger partial charge in [-0.2, -0.15) is 0 Å². The van der Waals surface area contributed by atoms with Gasteiger partial charge in [-0.1, -0.05) is 0 Å². The van der Waals surface area contributed by atoms with Crippen LogP contribution >= 0.6 is 0 Å². The molecule has 12 heteroatoms. The molecule has 0 aromatic rings. The first kappa shape index (κ1) is 18.3. The van der Waals surface area contributed by atoms with E-state index in [4.69, 9.17) is 37.9 Å². The van der Waals surface area contributed by atoms with Crippen LogP contribution in [0.3, 0.4) is 0 Å². The van der Waals surface area contributed by atoms with Crippen molar-refractivity contribution in [3.8, 4) is 0 Å². The van der Waals surface area contributed by atoms with E-state index in [-0.39, 0.29) is 0 Å². The van der Waals surface area contributed by atoms with Crippen molar-refractivity contribution in [1.29, 1.82) is 0 Å². The third-order valence-corrected chi connectivity index (χ3v) is 5.96. The Labute approximate surface area is 158 Å². The molecule has 14 unspecified atom stereocenters. The Kier molecular flexibility index (Phi) is 4.09. The second kappa shape index (κ2) is 6.26. The number of hydrogen-bond acceptors (Lipinski definition) is 12. The average Bonchev–Trinajstić information content (AvgIpc) is 3.50. The highest BCUT2D eigenvalue weighted by Crippen LogP contribution is 2.43. The second-order valence-corrected chi connectivity index (χ2v) is 7.92. The summed E-state index contributed by atoms with van der Waals surface area (Å²) in [6, 6.07) is 0. The zero-order valence-corrected chi connectivity index (χ0v) is 14.7. The van der Waals surface area contributed by atoms with E-state index in [0.717, 1.165) is 0 Å². The quantitative estimate of drug-likeness (QED) is 0.341. The van der Waals surface area contributed by atoms with Gasteiger partial charge in [0.1, 0.15) is 54.9 Å². The van der Waals surface area contributed by atoms with Crippen molar-refractivity contribution in [2.45, 2.75) is 99.4 Å². The molecule has 6 saturated heterocycles. The van der Waals surface area contributed by atoms with Gasteiger partial charge in [-0.25, -0.2) is 0 Å². The first-order valence-electron chi connectivity index (χ1n) is 9.38. The lowest BCUT2D eigenvalue weighted by atomic mass is 10.0. The first-order chi connectivity index (χ1) is 13.4. The van der Waals surface area contributed by atoms with Gasteiger partial charge in [-0.05, 0) is 6.92 Å². The van der Waals surface area contributed by atoms with Gasteiger partial charge in [0.15, 0.2) is 31.5 Å². The van der Waals surface area contributed by atoms with E-state index < -0.39 is 92.5 Å². The number of aliphatic hydroxyl groups is 4. The van der Waals surface area contributed by atoms with E-state index >= 15 is 0 Å². The Balaban J connectivity index is 1.18. The number of rotatable bonds is 4. The summed E-state index contributed by atoms with van der Waals surface area (Å²) < 4.78 is 43.9. The Morgan fingerprint density at radius 2 is 1.04 bits per heavy atom. The van der Waals surface area contributed by atoms with E-state index in [1.54, 1.807) is 6.92 Å². The molecule has 158 valence electrons. The molecule has 0 aromatic heterocycles. The Bertz CT molecular complexity index is 635. The lowest BCUT2D eigenvalue weighted by Gasteiger charge is -2.40. The normalized spacial score (nSPS) is 64.4. The molecule has 6 fully saturated rings. The molecule has 0 saturated carbocycles. The lowest BCUT2D eigenvalue weighted by Crippen LogP contribution is -2.59. The van der Waals surface area contributed by atoms with E-state index in [0.29, 0.717) is 0 Å². The van der Waals surface area contributed by atoms with Crippen LogP contribution in [0.5, 0.6) is 0 Å². The summed E-state index contributed by atoms with van der Waals surface area (Å²) in [6.07, 6.45) is -12.8. The third-order valence-electron chi connectivity index (χ3n) is 5.96. The van der Waals surface area contributed by atoms with E-state index in [1.807, 2.05) is 0 Å². The van der Waals surface area contributed by atoms with Gasteiger partial charge in [0.05, 0.1) is 6.10 Å². The van der Waals surface area contributed by atoms with Crippen molar-refractivity contribution in [2.24, 2.45) is 0 Å². The summed E-state index contributed by atoms with van der Waals surface area (Å²) in [6.45, 7) is 1.73. The summed E-state index contributed by atoms with van der Waals surface area (Å²) in [4.78, 5) is 0. The van der Waals surface area contributed by atoms with E-state index in [9.17, 15) is 20.4 Å². The summed E-state index contributed by atoms with van der Waals surface area (Å²) in [5.74, 6) is 0. The molecule has 0 bridgehead atoms. The first-order valence-corrected chi connectivity index (χ1v) is 9.38. The van der Waals surface area contributed by atoms with Crippen molar-refractivity contribution in [2.75, 3.05) is 0 Å². The summed E-state index contributed by atoms with van der Waals surface area (Å²) in [5.41, 5.74) is 0. The zero-order valence-electron chi connectivity index (χ0n) is 14.7. The van der Waals surface area contributed by atoms with Gasteiger partial charge in [-0.3, -0.25) is 0 Å². The van der Waals surface area contributed by atoms with Crippen molar-refractivity contribution in [3.05, 3.63) is 0 Å². The molecule has 6 aliphatic rings. The molecule has 0 amide bonds. The number of epoxide rings is 3. The largest absolute Gasteiger partial charge is 0.387 e. The van der Waals surface area contributed by atoms with Crippen molar-refractivity contribution < 1.29 is 58.3 Å². The molecule has 0 radical (unpaired) electrons. The van der Waals surface area contributed by atoms with Crippen LogP contribution < -0.4 is 0 Å². The second-order valence-electron chi connectivity index (χ2n) is 7.92. The minimum absolute atomic E-state index is 0.440. The van der Waals surface area contributed by atoms with Gasteiger partial charge in [0.25, 0.3) is 0 Å². The van der Waals surface area contributed by atoms with Crippen LogP contribution in [0.2, 0.25) is 0 Å². The van der Waals surface area contributed by atoms with E-state index in [2.05, 4.69) is 0 Å². The monoisotopic (exact) mass is 406 g/mol. The van der Waals surface area contributed by atoms with Crippen LogP contribution in [0, 0.1) is 0 Å². The zero-order chi connectivity index (χ0) is 19.3. The molecular formula is C16H22O12. The SMILES string of the molecule is C[C@@H]1OC2OC2C(O)C1OC1OC2OC2C(O)C1OC1OC2OC2C(O)C1O. The van der Waals surface area contributed by atoms with Crippen LogP contribution in [0.15, 0.2) is 0 Å². The fourth-order valence-corrected chi connectivity index (χ4v) is 4.13. The molecular weight excluding hydrogens is 384 g/mol. The molecule has 4 N–H and O–H groups in total. The Hall–Kier alpha value is -0.480. The molecule has 0 spiro atoms. The van der Waals surface area contributed by atoms with Crippen LogP contribution in [-0.2, 0) is 37.9 Å². The molecule has 6 heterocycles. The smallest absolute Gasteiger partial charge is 0.190 e. The minimum atomic E-state index is -1.38. The van der Waals surface area contributed by atoms with Gasteiger partial charge >= 0.3 is 0 Å². The number of aliphatic hydroxyl groups excluding tert-OH is 4. The highest BCUT2D eigenvalue weighted by molar-refractivity contribution is 5.01. The van der Waals surface area contributed by atoms with Gasteiger partial charge in [-0.15, -0.1) is 0 Å². The standard InChI is InChI=1S/C16H22O12/c1-2-7(5(19)9-13(21-2)25-9)22-15-10(6(20)11-16(26-11)28-15)23-12-4(18)3(17)8-14(24-8)27-12/h2-20H,1H3/t2-,3?,4?,5?,6?,7?,8?,9?,10?,11?,12?,13?,14?,15?,16?/m0/s1. The molecule has 6 rings (SSSR count). The molecule has 15 atom stereocenters. The molecule has 6 aliphatic heterocycles. The van der Waals surface area contributed by atoms with Crippen LogP contribution in [0.4, 0.5) is 0 Å². The highest BCUT2D eigenvalue weighted by Gasteiger charge is 2.63. The van der Waals surface area contributed by atoms with Crippen LogP contribution in [0.25, 0.3) is 0 Å². The van der Waals surface area contributed by atoms with E-state index in [1.165, 1.54) is 0 Å². The highest BCUT2D eigenvalue weighted by atomic mass is 16.9. The van der Waals surface area contributed by atoms with Crippen LogP contribution in [-0.4, -0.2) is 113 Å². The van der Waals surface area contributed by atoms with Crippen molar-refractivity contribution in [3.63, 3.8) is 0 Å². The Morgan fingerprint density at radius 3 is 1.71 bits per heavy atom. The maximum atomic E-state index is 10.6. The molecule has 0 aliphatic carbocycles. The number of fused-ring (bicyclic) bond motifs is 3. The van der Waals surface area contributed by atoms with Crippen LogP contribution in [0.1, 0.15) is 6.92 Å².